The van der Waals surface area contributed by atoms with E-state index >= 15 is 0 Å². The fraction of sp³-hybridized carbons (Fsp3) is 0.393. The van der Waals surface area contributed by atoms with Crippen molar-refractivity contribution >= 4 is 17.9 Å². The zero-order chi connectivity index (χ0) is 26.2. The van der Waals surface area contributed by atoms with Crippen LogP contribution in [0.3, 0.4) is 0 Å². The van der Waals surface area contributed by atoms with Gasteiger partial charge in [-0.15, -0.1) is 5.10 Å². The van der Waals surface area contributed by atoms with E-state index in [1.807, 2.05) is 54.6 Å². The molecule has 0 bridgehead atoms. The molecule has 3 aromatic rings. The molecule has 2 aromatic carbocycles. The molecule has 0 unspecified atom stereocenters. The molecule has 0 amide bonds. The SMILES string of the molecule is CCOC(=O)[C@@H]1C2[C@@H](C(=O)OCC)C21c1ccc(-c2cn([C@@H](Cc3ccccc3)C(=O)OC)nn2)cc1. The second-order valence-electron chi connectivity index (χ2n) is 9.31. The van der Waals surface area contributed by atoms with Gasteiger partial charge in [0.1, 0.15) is 5.69 Å². The zero-order valence-corrected chi connectivity index (χ0v) is 21.0. The van der Waals surface area contributed by atoms with E-state index in [4.69, 9.17) is 14.2 Å². The van der Waals surface area contributed by atoms with Gasteiger partial charge >= 0.3 is 17.9 Å². The van der Waals surface area contributed by atoms with E-state index in [0.717, 1.165) is 16.7 Å². The van der Waals surface area contributed by atoms with Crippen molar-refractivity contribution in [3.63, 3.8) is 0 Å². The Morgan fingerprint density at radius 3 is 2.14 bits per heavy atom. The predicted molar refractivity (Wildman–Crippen MR) is 132 cm³/mol. The van der Waals surface area contributed by atoms with E-state index in [2.05, 4.69) is 10.3 Å². The molecule has 0 spiro atoms. The summed E-state index contributed by atoms with van der Waals surface area (Å²) in [7, 11) is 1.35. The van der Waals surface area contributed by atoms with Gasteiger partial charge in [0, 0.05) is 17.4 Å². The molecular formula is C28H29N3O6. The first kappa shape index (κ1) is 24.7. The fourth-order valence-corrected chi connectivity index (χ4v) is 5.59. The van der Waals surface area contributed by atoms with E-state index in [-0.39, 0.29) is 29.7 Å². The Kier molecular flexibility index (Phi) is 6.54. The van der Waals surface area contributed by atoms with Crippen LogP contribution in [-0.4, -0.2) is 53.2 Å². The van der Waals surface area contributed by atoms with Gasteiger partial charge in [-0.05, 0) is 30.9 Å². The number of fused-ring (bicyclic) bond motifs is 1. The summed E-state index contributed by atoms with van der Waals surface area (Å²) in [4.78, 5) is 37.5. The molecule has 2 fully saturated rings. The van der Waals surface area contributed by atoms with Crippen molar-refractivity contribution in [2.75, 3.05) is 20.3 Å². The first-order valence-corrected chi connectivity index (χ1v) is 12.4. The van der Waals surface area contributed by atoms with Crippen LogP contribution in [0.2, 0.25) is 0 Å². The topological polar surface area (TPSA) is 110 Å². The number of ether oxygens (including phenoxy) is 3. The number of esters is 3. The number of carbonyl (C=O) groups excluding carboxylic acids is 3. The van der Waals surface area contributed by atoms with Gasteiger partial charge in [-0.2, -0.15) is 0 Å². The van der Waals surface area contributed by atoms with Crippen molar-refractivity contribution in [1.82, 2.24) is 15.0 Å². The molecule has 1 aromatic heterocycles. The summed E-state index contributed by atoms with van der Waals surface area (Å²) >= 11 is 0. The van der Waals surface area contributed by atoms with Gasteiger partial charge in [-0.1, -0.05) is 59.8 Å². The molecule has 1 heterocycles. The Morgan fingerprint density at radius 2 is 1.57 bits per heavy atom. The summed E-state index contributed by atoms with van der Waals surface area (Å²) in [5.74, 6) is -1.69. The quantitative estimate of drug-likeness (QED) is 0.307. The van der Waals surface area contributed by atoms with Gasteiger partial charge in [0.25, 0.3) is 0 Å². The Labute approximate surface area is 214 Å². The number of hydrogen-bond acceptors (Lipinski definition) is 8. The van der Waals surface area contributed by atoms with Gasteiger partial charge in [0.15, 0.2) is 6.04 Å². The third kappa shape index (κ3) is 4.18. The maximum absolute atomic E-state index is 12.5. The number of nitrogens with zero attached hydrogens (tertiary/aromatic N) is 3. The molecule has 9 heteroatoms. The van der Waals surface area contributed by atoms with Gasteiger partial charge in [0.05, 0.1) is 38.4 Å². The Bertz CT molecular complexity index is 1280. The largest absolute Gasteiger partial charge is 0.467 e. The van der Waals surface area contributed by atoms with Crippen LogP contribution in [-0.2, 0) is 40.4 Å². The maximum Gasteiger partial charge on any atom is 0.331 e. The number of methoxy groups -OCH3 is 1. The van der Waals surface area contributed by atoms with Crippen LogP contribution in [0.15, 0.2) is 60.8 Å². The van der Waals surface area contributed by atoms with Crippen molar-refractivity contribution in [3.8, 4) is 11.3 Å². The molecule has 0 N–H and O–H groups in total. The van der Waals surface area contributed by atoms with Crippen LogP contribution in [0.4, 0.5) is 0 Å². The minimum Gasteiger partial charge on any atom is -0.467 e. The molecule has 3 atom stereocenters. The van der Waals surface area contributed by atoms with Crippen molar-refractivity contribution in [2.45, 2.75) is 31.7 Å². The van der Waals surface area contributed by atoms with Crippen LogP contribution in [0.25, 0.3) is 11.3 Å². The normalized spacial score (nSPS) is 23.9. The van der Waals surface area contributed by atoms with Crippen LogP contribution in [0, 0.1) is 17.8 Å². The van der Waals surface area contributed by atoms with Crippen LogP contribution < -0.4 is 0 Å². The summed E-state index contributed by atoms with van der Waals surface area (Å²) < 4.78 is 17.0. The highest BCUT2D eigenvalue weighted by Crippen LogP contribution is 2.84. The van der Waals surface area contributed by atoms with Gasteiger partial charge in [-0.25, -0.2) is 9.48 Å². The Hall–Kier alpha value is -4.01. The maximum atomic E-state index is 12.5. The molecule has 0 saturated heterocycles. The second kappa shape index (κ2) is 9.80. The average molecular weight is 504 g/mol. The number of carbonyl (C=O) groups is 3. The van der Waals surface area contributed by atoms with Crippen molar-refractivity contribution in [3.05, 3.63) is 71.9 Å². The molecular weight excluding hydrogens is 474 g/mol. The highest BCUT2D eigenvalue weighted by atomic mass is 16.5. The van der Waals surface area contributed by atoms with Gasteiger partial charge in [0.2, 0.25) is 0 Å². The number of aromatic nitrogens is 3. The molecule has 0 aliphatic heterocycles. The average Bonchev–Trinajstić information content (AvgIpc) is 3.71. The van der Waals surface area contributed by atoms with Crippen molar-refractivity contribution in [1.29, 1.82) is 0 Å². The minimum atomic E-state index is -0.652. The highest BCUT2D eigenvalue weighted by Gasteiger charge is 2.92. The molecule has 2 aliphatic rings. The smallest absolute Gasteiger partial charge is 0.331 e. The fourth-order valence-electron chi connectivity index (χ4n) is 5.59. The van der Waals surface area contributed by atoms with E-state index in [0.29, 0.717) is 25.3 Å². The molecule has 0 radical (unpaired) electrons. The number of rotatable bonds is 10. The number of benzene rings is 2. The van der Waals surface area contributed by atoms with Crippen LogP contribution in [0.1, 0.15) is 31.0 Å². The summed E-state index contributed by atoms with van der Waals surface area (Å²) in [6.45, 7) is 4.14. The predicted octanol–water partition coefficient (Wildman–Crippen LogP) is 3.14. The molecule has 37 heavy (non-hydrogen) atoms. The van der Waals surface area contributed by atoms with Gasteiger partial charge in [-0.3, -0.25) is 9.59 Å². The summed E-state index contributed by atoms with van der Waals surface area (Å²) in [6, 6.07) is 16.6. The summed E-state index contributed by atoms with van der Waals surface area (Å²) in [5, 5.41) is 8.48. The van der Waals surface area contributed by atoms with Gasteiger partial charge < -0.3 is 14.2 Å². The summed E-state index contributed by atoms with van der Waals surface area (Å²) in [6.07, 6.45) is 2.14. The molecule has 5 rings (SSSR count). The molecule has 2 saturated carbocycles. The zero-order valence-electron chi connectivity index (χ0n) is 21.0. The first-order valence-electron chi connectivity index (χ1n) is 12.4. The lowest BCUT2D eigenvalue weighted by Gasteiger charge is -2.18. The van der Waals surface area contributed by atoms with Crippen molar-refractivity contribution < 1.29 is 28.6 Å². The third-order valence-electron chi connectivity index (χ3n) is 7.42. The minimum absolute atomic E-state index is 0.0869. The highest BCUT2D eigenvalue weighted by molar-refractivity contribution is 5.94. The lowest BCUT2D eigenvalue weighted by atomic mass is 9.89. The third-order valence-corrected chi connectivity index (χ3v) is 7.42. The van der Waals surface area contributed by atoms with E-state index in [9.17, 15) is 14.4 Å². The molecule has 2 aliphatic carbocycles. The van der Waals surface area contributed by atoms with Crippen molar-refractivity contribution in [2.24, 2.45) is 17.8 Å². The lowest BCUT2D eigenvalue weighted by molar-refractivity contribution is -0.151. The van der Waals surface area contributed by atoms with E-state index < -0.39 is 17.4 Å². The van der Waals surface area contributed by atoms with E-state index in [1.165, 1.54) is 11.8 Å². The Morgan fingerprint density at radius 1 is 0.946 bits per heavy atom. The summed E-state index contributed by atoms with van der Waals surface area (Å²) in [5.41, 5.74) is 2.72. The molecule has 192 valence electrons. The molecule has 9 nitrogen and oxygen atoms in total. The first-order chi connectivity index (χ1) is 18.0. The second-order valence-corrected chi connectivity index (χ2v) is 9.31. The Balaban J connectivity index is 1.37. The van der Waals surface area contributed by atoms with Crippen LogP contribution in [0.5, 0.6) is 0 Å². The number of hydrogen-bond donors (Lipinski definition) is 0. The van der Waals surface area contributed by atoms with E-state index in [1.54, 1.807) is 20.0 Å². The van der Waals surface area contributed by atoms with Crippen LogP contribution >= 0.6 is 0 Å². The lowest BCUT2D eigenvalue weighted by Crippen LogP contribution is -2.28. The standard InChI is InChI=1S/C28H29N3O6/c1-4-36-26(33)23-22-24(27(34)37-5-2)28(22,23)19-13-11-18(12-14-19)20-16-31(30-29-20)21(25(32)35-3)15-17-9-7-6-8-10-17/h6-14,16,21-24H,4-5,15H2,1-3H3/t21-,22?,23-,24-,28?/m0/s1. The monoisotopic (exact) mass is 503 g/mol.